The molecule has 1 saturated carbocycles. The highest BCUT2D eigenvalue weighted by atomic mass is 16.5. The molecular weight excluding hydrogens is 250 g/mol. The summed E-state index contributed by atoms with van der Waals surface area (Å²) in [5.74, 6) is 3.32. The number of fused-ring (bicyclic) bond motifs is 1. The van der Waals surface area contributed by atoms with Gasteiger partial charge in [0.25, 0.3) is 0 Å². The quantitative estimate of drug-likeness (QED) is 0.836. The Morgan fingerprint density at radius 1 is 1.15 bits per heavy atom. The highest BCUT2D eigenvalue weighted by Crippen LogP contribution is 2.44. The number of hydrogen-bond acceptors (Lipinski definition) is 3. The Bertz CT molecular complexity index is 447. The molecule has 1 N–H and O–H groups in total. The van der Waals surface area contributed by atoms with Gasteiger partial charge in [0.2, 0.25) is 0 Å². The summed E-state index contributed by atoms with van der Waals surface area (Å²) >= 11 is 0. The third-order valence-electron chi connectivity index (χ3n) is 4.45. The van der Waals surface area contributed by atoms with Gasteiger partial charge in [0.05, 0.1) is 13.2 Å². The first-order valence-corrected chi connectivity index (χ1v) is 7.98. The lowest BCUT2D eigenvalue weighted by molar-refractivity contribution is 0.245. The molecule has 3 heteroatoms. The average Bonchev–Trinajstić information content (AvgIpc) is 2.67. The van der Waals surface area contributed by atoms with Crippen LogP contribution in [0.2, 0.25) is 0 Å². The molecule has 3 nitrogen and oxygen atoms in total. The summed E-state index contributed by atoms with van der Waals surface area (Å²) in [5, 5.41) is 3.55. The van der Waals surface area contributed by atoms with Crippen LogP contribution in [-0.2, 0) is 0 Å². The van der Waals surface area contributed by atoms with E-state index in [1.807, 2.05) is 0 Å². The SMILES string of the molecule is CCCNCC1CCC1c1ccc2c(c1)OCCCO2. The van der Waals surface area contributed by atoms with Crippen LogP contribution in [0.4, 0.5) is 0 Å². The molecule has 1 aliphatic carbocycles. The fourth-order valence-electron chi connectivity index (χ4n) is 3.13. The lowest BCUT2D eigenvalue weighted by Gasteiger charge is -2.37. The second kappa shape index (κ2) is 6.49. The van der Waals surface area contributed by atoms with Gasteiger partial charge in [-0.1, -0.05) is 13.0 Å². The Labute approximate surface area is 121 Å². The standard InChI is InChI=1S/C17H25NO2/c1-2-8-18-12-14-4-6-15(14)13-5-7-16-17(11-13)20-10-3-9-19-16/h5,7,11,14-15,18H,2-4,6,8-10,12H2,1H3. The molecule has 1 aromatic carbocycles. The molecule has 20 heavy (non-hydrogen) atoms. The van der Waals surface area contributed by atoms with Crippen molar-refractivity contribution in [2.75, 3.05) is 26.3 Å². The van der Waals surface area contributed by atoms with E-state index >= 15 is 0 Å². The van der Waals surface area contributed by atoms with Gasteiger partial charge in [0.1, 0.15) is 0 Å². The van der Waals surface area contributed by atoms with Crippen LogP contribution >= 0.6 is 0 Å². The predicted octanol–water partition coefficient (Wildman–Crippen LogP) is 3.34. The van der Waals surface area contributed by atoms with Gasteiger partial charge in [-0.15, -0.1) is 0 Å². The summed E-state index contributed by atoms with van der Waals surface area (Å²) in [6.07, 6.45) is 4.83. The molecule has 3 rings (SSSR count). The van der Waals surface area contributed by atoms with Crippen molar-refractivity contribution in [3.05, 3.63) is 23.8 Å². The Morgan fingerprint density at radius 3 is 2.75 bits per heavy atom. The highest BCUT2D eigenvalue weighted by molar-refractivity contribution is 5.45. The van der Waals surface area contributed by atoms with Gasteiger partial charge < -0.3 is 14.8 Å². The van der Waals surface area contributed by atoms with Crippen molar-refractivity contribution in [2.45, 2.75) is 38.5 Å². The first-order valence-electron chi connectivity index (χ1n) is 7.98. The second-order valence-electron chi connectivity index (χ2n) is 5.90. The second-order valence-corrected chi connectivity index (χ2v) is 5.90. The zero-order chi connectivity index (χ0) is 13.8. The summed E-state index contributed by atoms with van der Waals surface area (Å²) < 4.78 is 11.5. The molecule has 1 heterocycles. The van der Waals surface area contributed by atoms with E-state index in [4.69, 9.17) is 9.47 Å². The van der Waals surface area contributed by atoms with Crippen LogP contribution in [0.1, 0.15) is 44.1 Å². The summed E-state index contributed by atoms with van der Waals surface area (Å²) in [7, 11) is 0. The highest BCUT2D eigenvalue weighted by Gasteiger charge is 2.32. The maximum Gasteiger partial charge on any atom is 0.161 e. The maximum absolute atomic E-state index is 5.80. The van der Waals surface area contributed by atoms with E-state index in [0.717, 1.165) is 50.1 Å². The molecule has 0 bridgehead atoms. The lowest BCUT2D eigenvalue weighted by Crippen LogP contribution is -2.34. The Balaban J connectivity index is 1.66. The van der Waals surface area contributed by atoms with Crippen LogP contribution in [0.5, 0.6) is 11.5 Å². The number of hydrogen-bond donors (Lipinski definition) is 1. The van der Waals surface area contributed by atoms with Crippen molar-refractivity contribution in [3.63, 3.8) is 0 Å². The number of ether oxygens (including phenoxy) is 2. The van der Waals surface area contributed by atoms with Crippen LogP contribution in [0.3, 0.4) is 0 Å². The number of rotatable bonds is 5. The molecule has 2 atom stereocenters. The van der Waals surface area contributed by atoms with Crippen LogP contribution < -0.4 is 14.8 Å². The van der Waals surface area contributed by atoms with Crippen LogP contribution in [-0.4, -0.2) is 26.3 Å². The van der Waals surface area contributed by atoms with Crippen LogP contribution in [0.15, 0.2) is 18.2 Å². The van der Waals surface area contributed by atoms with E-state index < -0.39 is 0 Å². The molecule has 0 spiro atoms. The van der Waals surface area contributed by atoms with Gasteiger partial charge in [0.15, 0.2) is 11.5 Å². The van der Waals surface area contributed by atoms with E-state index in [-0.39, 0.29) is 0 Å². The normalized spacial score (nSPS) is 24.9. The van der Waals surface area contributed by atoms with Gasteiger partial charge in [-0.25, -0.2) is 0 Å². The summed E-state index contributed by atoms with van der Waals surface area (Å²) in [6.45, 7) is 6.02. The van der Waals surface area contributed by atoms with E-state index in [2.05, 4.69) is 30.4 Å². The molecule has 0 saturated heterocycles. The zero-order valence-electron chi connectivity index (χ0n) is 12.4. The molecule has 1 aromatic rings. The molecular formula is C17H25NO2. The molecule has 0 radical (unpaired) electrons. The number of nitrogens with one attached hydrogen (secondary N) is 1. The first-order chi connectivity index (χ1) is 9.88. The monoisotopic (exact) mass is 275 g/mol. The van der Waals surface area contributed by atoms with Crippen LogP contribution in [0.25, 0.3) is 0 Å². The molecule has 2 unspecified atom stereocenters. The van der Waals surface area contributed by atoms with E-state index in [0.29, 0.717) is 5.92 Å². The Morgan fingerprint density at radius 2 is 2.00 bits per heavy atom. The molecule has 1 fully saturated rings. The third kappa shape index (κ3) is 2.93. The minimum absolute atomic E-state index is 0.691. The van der Waals surface area contributed by atoms with Gasteiger partial charge in [-0.3, -0.25) is 0 Å². The minimum Gasteiger partial charge on any atom is -0.490 e. The Hall–Kier alpha value is -1.22. The van der Waals surface area contributed by atoms with Crippen molar-refractivity contribution in [1.82, 2.24) is 5.32 Å². The van der Waals surface area contributed by atoms with E-state index in [1.165, 1.54) is 24.8 Å². The van der Waals surface area contributed by atoms with Gasteiger partial charge >= 0.3 is 0 Å². The van der Waals surface area contributed by atoms with Crippen molar-refractivity contribution in [1.29, 1.82) is 0 Å². The first kappa shape index (κ1) is 13.7. The van der Waals surface area contributed by atoms with Crippen molar-refractivity contribution in [2.24, 2.45) is 5.92 Å². The Kier molecular flexibility index (Phi) is 4.46. The molecule has 0 aromatic heterocycles. The molecule has 110 valence electrons. The smallest absolute Gasteiger partial charge is 0.161 e. The van der Waals surface area contributed by atoms with E-state index in [9.17, 15) is 0 Å². The van der Waals surface area contributed by atoms with E-state index in [1.54, 1.807) is 0 Å². The van der Waals surface area contributed by atoms with Gasteiger partial charge in [-0.2, -0.15) is 0 Å². The van der Waals surface area contributed by atoms with Gasteiger partial charge in [-0.05, 0) is 61.9 Å². The zero-order valence-corrected chi connectivity index (χ0v) is 12.4. The molecule has 2 aliphatic rings. The predicted molar refractivity (Wildman–Crippen MR) is 80.7 cm³/mol. The summed E-state index contributed by atoms with van der Waals surface area (Å²) in [5.41, 5.74) is 1.42. The fourth-order valence-corrected chi connectivity index (χ4v) is 3.13. The third-order valence-corrected chi connectivity index (χ3v) is 4.45. The van der Waals surface area contributed by atoms with Gasteiger partial charge in [0, 0.05) is 6.42 Å². The lowest BCUT2D eigenvalue weighted by atomic mass is 9.70. The molecule has 1 aliphatic heterocycles. The molecule has 0 amide bonds. The largest absolute Gasteiger partial charge is 0.490 e. The summed E-state index contributed by atoms with van der Waals surface area (Å²) in [4.78, 5) is 0. The van der Waals surface area contributed by atoms with Crippen molar-refractivity contribution >= 4 is 0 Å². The minimum atomic E-state index is 0.691. The fraction of sp³-hybridized carbons (Fsp3) is 0.647. The topological polar surface area (TPSA) is 30.5 Å². The average molecular weight is 275 g/mol. The summed E-state index contributed by atoms with van der Waals surface area (Å²) in [6, 6.07) is 6.52. The van der Waals surface area contributed by atoms with Crippen LogP contribution in [0, 0.1) is 5.92 Å². The maximum atomic E-state index is 5.80. The number of benzene rings is 1. The van der Waals surface area contributed by atoms with Crippen molar-refractivity contribution in [3.8, 4) is 11.5 Å². The van der Waals surface area contributed by atoms with Crippen molar-refractivity contribution < 1.29 is 9.47 Å².